The van der Waals surface area contributed by atoms with E-state index in [-0.39, 0.29) is 5.91 Å². The second-order valence-electron chi connectivity index (χ2n) is 4.37. The predicted octanol–water partition coefficient (Wildman–Crippen LogP) is 0.452. The van der Waals surface area contributed by atoms with E-state index in [1.165, 1.54) is 0 Å². The second-order valence-corrected chi connectivity index (χ2v) is 4.37. The Morgan fingerprint density at radius 3 is 2.11 bits per heavy atom. The molecule has 1 aliphatic heterocycles. The van der Waals surface area contributed by atoms with Gasteiger partial charge in [-0.2, -0.15) is 0 Å². The number of nitrogens with zero attached hydrogens (tertiary/aromatic N) is 2. The molecule has 2 rings (SSSR count). The number of carbonyl (C=O) groups excluding carboxylic acids is 2. The molecule has 5 nitrogen and oxygen atoms in total. The van der Waals surface area contributed by atoms with E-state index in [4.69, 9.17) is 5.73 Å². The number of urea groups is 1. The lowest BCUT2D eigenvalue weighted by Crippen LogP contribution is -2.52. The molecule has 0 aliphatic carbocycles. The van der Waals surface area contributed by atoms with Crippen LogP contribution in [0.2, 0.25) is 0 Å². The zero-order valence-corrected chi connectivity index (χ0v) is 10.2. The van der Waals surface area contributed by atoms with E-state index >= 15 is 0 Å². The summed E-state index contributed by atoms with van der Waals surface area (Å²) in [6, 6.07) is 9.25. The first kappa shape index (κ1) is 12.4. The molecule has 1 aromatic rings. The minimum Gasteiger partial charge on any atom is -0.351 e. The molecule has 0 aromatic heterocycles. The maximum Gasteiger partial charge on any atom is 0.314 e. The van der Waals surface area contributed by atoms with Gasteiger partial charge in [-0.05, 0) is 5.56 Å². The Bertz CT molecular complexity index is 425. The molecule has 0 atom stereocenters. The van der Waals surface area contributed by atoms with Crippen LogP contribution in [0.1, 0.15) is 5.56 Å². The minimum absolute atomic E-state index is 0.102. The Morgan fingerprint density at radius 1 is 1.00 bits per heavy atom. The SMILES string of the molecule is NC(=O)N1CCN(C(=O)Cc2ccccc2)CC1. The van der Waals surface area contributed by atoms with Crippen molar-refractivity contribution in [3.05, 3.63) is 35.9 Å². The average Bonchev–Trinajstić information content (AvgIpc) is 2.40. The van der Waals surface area contributed by atoms with E-state index in [0.717, 1.165) is 5.56 Å². The summed E-state index contributed by atoms with van der Waals surface area (Å²) in [7, 11) is 0. The highest BCUT2D eigenvalue weighted by Crippen LogP contribution is 2.06. The predicted molar refractivity (Wildman–Crippen MR) is 67.9 cm³/mol. The van der Waals surface area contributed by atoms with Gasteiger partial charge < -0.3 is 15.5 Å². The lowest BCUT2D eigenvalue weighted by Gasteiger charge is -2.33. The molecule has 0 radical (unpaired) electrons. The quantitative estimate of drug-likeness (QED) is 0.824. The van der Waals surface area contributed by atoms with E-state index < -0.39 is 6.03 Å². The van der Waals surface area contributed by atoms with Crippen molar-refractivity contribution < 1.29 is 9.59 Å². The second kappa shape index (κ2) is 5.53. The van der Waals surface area contributed by atoms with Crippen molar-refractivity contribution in [2.75, 3.05) is 26.2 Å². The lowest BCUT2D eigenvalue weighted by atomic mass is 10.1. The third-order valence-corrected chi connectivity index (χ3v) is 3.14. The van der Waals surface area contributed by atoms with Crippen molar-refractivity contribution in [1.29, 1.82) is 0 Å². The van der Waals surface area contributed by atoms with Crippen molar-refractivity contribution in [1.82, 2.24) is 9.80 Å². The van der Waals surface area contributed by atoms with Crippen LogP contribution in [0.15, 0.2) is 30.3 Å². The molecule has 18 heavy (non-hydrogen) atoms. The maximum atomic E-state index is 12.0. The van der Waals surface area contributed by atoms with Gasteiger partial charge in [-0.15, -0.1) is 0 Å². The summed E-state index contributed by atoms with van der Waals surface area (Å²) in [5, 5.41) is 0. The fourth-order valence-corrected chi connectivity index (χ4v) is 2.06. The number of carbonyl (C=O) groups is 2. The molecule has 1 saturated heterocycles. The normalized spacial score (nSPS) is 15.6. The Balaban J connectivity index is 1.86. The molecule has 1 aromatic carbocycles. The zero-order valence-electron chi connectivity index (χ0n) is 10.2. The zero-order chi connectivity index (χ0) is 13.0. The molecule has 2 N–H and O–H groups in total. The van der Waals surface area contributed by atoms with Crippen LogP contribution in [-0.4, -0.2) is 47.9 Å². The molecular formula is C13H17N3O2. The summed E-state index contributed by atoms with van der Waals surface area (Å²) in [5.41, 5.74) is 6.21. The third kappa shape index (κ3) is 3.00. The molecule has 1 fully saturated rings. The van der Waals surface area contributed by atoms with Crippen molar-refractivity contribution in [2.24, 2.45) is 5.73 Å². The van der Waals surface area contributed by atoms with E-state index in [1.54, 1.807) is 9.80 Å². The fourth-order valence-electron chi connectivity index (χ4n) is 2.06. The van der Waals surface area contributed by atoms with Gasteiger partial charge in [-0.3, -0.25) is 4.79 Å². The molecule has 0 bridgehead atoms. The first-order chi connectivity index (χ1) is 8.66. The number of piperazine rings is 1. The molecule has 5 heteroatoms. The Kier molecular flexibility index (Phi) is 3.82. The van der Waals surface area contributed by atoms with Gasteiger partial charge in [0.05, 0.1) is 6.42 Å². The van der Waals surface area contributed by atoms with Crippen LogP contribution in [0, 0.1) is 0 Å². The summed E-state index contributed by atoms with van der Waals surface area (Å²) in [6.07, 6.45) is 0.414. The number of hydrogen-bond donors (Lipinski definition) is 1. The van der Waals surface area contributed by atoms with Gasteiger partial charge in [0.1, 0.15) is 0 Å². The summed E-state index contributed by atoms with van der Waals surface area (Å²) in [6.45, 7) is 2.18. The van der Waals surface area contributed by atoms with E-state index in [1.807, 2.05) is 30.3 Å². The number of amides is 3. The molecule has 3 amide bonds. The summed E-state index contributed by atoms with van der Waals surface area (Å²) in [4.78, 5) is 26.3. The highest BCUT2D eigenvalue weighted by molar-refractivity contribution is 5.79. The van der Waals surface area contributed by atoms with E-state index in [2.05, 4.69) is 0 Å². The molecule has 1 aliphatic rings. The van der Waals surface area contributed by atoms with Crippen LogP contribution in [0.4, 0.5) is 4.79 Å². The van der Waals surface area contributed by atoms with Crippen LogP contribution in [0.5, 0.6) is 0 Å². The number of benzene rings is 1. The van der Waals surface area contributed by atoms with Gasteiger partial charge in [-0.25, -0.2) is 4.79 Å². The first-order valence-electron chi connectivity index (χ1n) is 6.03. The molecule has 0 unspecified atom stereocenters. The summed E-state index contributed by atoms with van der Waals surface area (Å²) >= 11 is 0. The number of hydrogen-bond acceptors (Lipinski definition) is 2. The Labute approximate surface area is 106 Å². The van der Waals surface area contributed by atoms with Crippen LogP contribution < -0.4 is 5.73 Å². The van der Waals surface area contributed by atoms with Crippen molar-refractivity contribution in [3.8, 4) is 0 Å². The monoisotopic (exact) mass is 247 g/mol. The third-order valence-electron chi connectivity index (χ3n) is 3.14. The van der Waals surface area contributed by atoms with Gasteiger partial charge in [0.25, 0.3) is 0 Å². The molecule has 1 heterocycles. The Morgan fingerprint density at radius 2 is 1.56 bits per heavy atom. The Hall–Kier alpha value is -2.04. The molecular weight excluding hydrogens is 230 g/mol. The number of nitrogens with two attached hydrogens (primary N) is 1. The number of primary amides is 1. The lowest BCUT2D eigenvalue weighted by molar-refractivity contribution is -0.131. The van der Waals surface area contributed by atoms with E-state index in [9.17, 15) is 9.59 Å². The summed E-state index contributed by atoms with van der Waals surface area (Å²) < 4.78 is 0. The minimum atomic E-state index is -0.412. The standard InChI is InChI=1S/C13H17N3O2/c14-13(18)16-8-6-15(7-9-16)12(17)10-11-4-2-1-3-5-11/h1-5H,6-10H2,(H2,14,18). The molecule has 0 spiro atoms. The van der Waals surface area contributed by atoms with Gasteiger partial charge in [0, 0.05) is 26.2 Å². The smallest absolute Gasteiger partial charge is 0.314 e. The first-order valence-corrected chi connectivity index (χ1v) is 6.03. The van der Waals surface area contributed by atoms with Gasteiger partial charge >= 0.3 is 6.03 Å². The highest BCUT2D eigenvalue weighted by atomic mass is 16.2. The largest absolute Gasteiger partial charge is 0.351 e. The van der Waals surface area contributed by atoms with E-state index in [0.29, 0.717) is 32.6 Å². The van der Waals surface area contributed by atoms with Gasteiger partial charge in [0.2, 0.25) is 5.91 Å². The van der Waals surface area contributed by atoms with Crippen LogP contribution in [0.3, 0.4) is 0 Å². The highest BCUT2D eigenvalue weighted by Gasteiger charge is 2.22. The average molecular weight is 247 g/mol. The van der Waals surface area contributed by atoms with Gasteiger partial charge in [0.15, 0.2) is 0 Å². The molecule has 96 valence electrons. The van der Waals surface area contributed by atoms with Crippen LogP contribution in [0.25, 0.3) is 0 Å². The van der Waals surface area contributed by atoms with Crippen LogP contribution in [-0.2, 0) is 11.2 Å². The molecule has 0 saturated carbocycles. The summed E-state index contributed by atoms with van der Waals surface area (Å²) in [5.74, 6) is 0.102. The van der Waals surface area contributed by atoms with Crippen molar-refractivity contribution >= 4 is 11.9 Å². The van der Waals surface area contributed by atoms with Crippen molar-refractivity contribution in [2.45, 2.75) is 6.42 Å². The van der Waals surface area contributed by atoms with Crippen LogP contribution >= 0.6 is 0 Å². The topological polar surface area (TPSA) is 66.6 Å². The van der Waals surface area contributed by atoms with Crippen molar-refractivity contribution in [3.63, 3.8) is 0 Å². The van der Waals surface area contributed by atoms with Gasteiger partial charge in [-0.1, -0.05) is 30.3 Å². The maximum absolute atomic E-state index is 12.0. The fraction of sp³-hybridized carbons (Fsp3) is 0.385. The number of rotatable bonds is 2.